The van der Waals surface area contributed by atoms with Crippen LogP contribution in [0.4, 0.5) is 11.4 Å². The number of anilines is 2. The minimum atomic E-state index is 0.444. The minimum Gasteiger partial charge on any atom is -0.396 e. The van der Waals surface area contributed by atoms with E-state index in [0.29, 0.717) is 17.6 Å². The van der Waals surface area contributed by atoms with Crippen LogP contribution in [-0.4, -0.2) is 11.0 Å². The van der Waals surface area contributed by atoms with E-state index in [1.807, 2.05) is 6.07 Å². The molecular formula is C11H19N3. The first-order valence-electron chi connectivity index (χ1n) is 5.05. The summed E-state index contributed by atoms with van der Waals surface area (Å²) in [6.07, 6.45) is 4.56. The zero-order chi connectivity index (χ0) is 10.6. The SMILES string of the molecule is CC(C)CC(C)Nc1ccncc1N. The predicted molar refractivity (Wildman–Crippen MR) is 61.2 cm³/mol. The van der Waals surface area contributed by atoms with Gasteiger partial charge in [0.15, 0.2) is 0 Å². The van der Waals surface area contributed by atoms with Crippen molar-refractivity contribution < 1.29 is 0 Å². The summed E-state index contributed by atoms with van der Waals surface area (Å²) in [5.74, 6) is 0.695. The number of hydrogen-bond acceptors (Lipinski definition) is 3. The van der Waals surface area contributed by atoms with Gasteiger partial charge in [0.05, 0.1) is 17.6 Å². The summed E-state index contributed by atoms with van der Waals surface area (Å²) in [7, 11) is 0. The molecule has 0 aliphatic heterocycles. The van der Waals surface area contributed by atoms with Crippen LogP contribution in [0.25, 0.3) is 0 Å². The Labute approximate surface area is 85.7 Å². The second-order valence-electron chi connectivity index (χ2n) is 4.14. The summed E-state index contributed by atoms with van der Waals surface area (Å²) in [6, 6.07) is 2.35. The molecule has 3 N–H and O–H groups in total. The molecule has 0 aromatic carbocycles. The molecule has 78 valence electrons. The molecule has 3 nitrogen and oxygen atoms in total. The van der Waals surface area contributed by atoms with Crippen molar-refractivity contribution >= 4 is 11.4 Å². The van der Waals surface area contributed by atoms with Gasteiger partial charge in [-0.1, -0.05) is 13.8 Å². The highest BCUT2D eigenvalue weighted by Gasteiger charge is 2.06. The molecular weight excluding hydrogens is 174 g/mol. The molecule has 0 bridgehead atoms. The Morgan fingerprint density at radius 3 is 2.71 bits per heavy atom. The van der Waals surface area contributed by atoms with Crippen molar-refractivity contribution in [1.29, 1.82) is 0 Å². The zero-order valence-electron chi connectivity index (χ0n) is 9.12. The van der Waals surface area contributed by atoms with Crippen LogP contribution in [0.5, 0.6) is 0 Å². The van der Waals surface area contributed by atoms with Crippen molar-refractivity contribution in [1.82, 2.24) is 4.98 Å². The Hall–Kier alpha value is -1.25. The number of nitrogens with zero attached hydrogens (tertiary/aromatic N) is 1. The van der Waals surface area contributed by atoms with Gasteiger partial charge in [0.25, 0.3) is 0 Å². The molecule has 1 atom stereocenters. The van der Waals surface area contributed by atoms with Gasteiger partial charge in [-0.15, -0.1) is 0 Å². The lowest BCUT2D eigenvalue weighted by molar-refractivity contribution is 0.540. The first-order valence-corrected chi connectivity index (χ1v) is 5.05. The standard InChI is InChI=1S/C11H19N3/c1-8(2)6-9(3)14-11-4-5-13-7-10(11)12/h4-5,7-9H,6,12H2,1-3H3,(H,13,14). The Kier molecular flexibility index (Phi) is 3.74. The number of nitrogens with one attached hydrogen (secondary N) is 1. The highest BCUT2D eigenvalue weighted by Crippen LogP contribution is 2.18. The molecule has 1 unspecified atom stereocenters. The van der Waals surface area contributed by atoms with Crippen LogP contribution in [0.3, 0.4) is 0 Å². The summed E-state index contributed by atoms with van der Waals surface area (Å²) >= 11 is 0. The monoisotopic (exact) mass is 193 g/mol. The molecule has 14 heavy (non-hydrogen) atoms. The van der Waals surface area contributed by atoms with Crippen molar-refractivity contribution in [3.63, 3.8) is 0 Å². The van der Waals surface area contributed by atoms with Crippen molar-refractivity contribution in [2.45, 2.75) is 33.2 Å². The zero-order valence-corrected chi connectivity index (χ0v) is 9.12. The summed E-state index contributed by atoms with van der Waals surface area (Å²) in [4.78, 5) is 3.95. The fourth-order valence-electron chi connectivity index (χ4n) is 1.57. The van der Waals surface area contributed by atoms with Crippen LogP contribution in [-0.2, 0) is 0 Å². The first kappa shape index (κ1) is 10.8. The van der Waals surface area contributed by atoms with Crippen LogP contribution < -0.4 is 11.1 Å². The molecule has 0 radical (unpaired) electrons. The fraction of sp³-hybridized carbons (Fsp3) is 0.545. The van der Waals surface area contributed by atoms with E-state index < -0.39 is 0 Å². The largest absolute Gasteiger partial charge is 0.396 e. The predicted octanol–water partition coefficient (Wildman–Crippen LogP) is 2.51. The molecule has 0 fully saturated rings. The lowest BCUT2D eigenvalue weighted by Crippen LogP contribution is -2.18. The van der Waals surface area contributed by atoms with Gasteiger partial charge >= 0.3 is 0 Å². The summed E-state index contributed by atoms with van der Waals surface area (Å²) in [5.41, 5.74) is 7.47. The minimum absolute atomic E-state index is 0.444. The number of rotatable bonds is 4. The smallest absolute Gasteiger partial charge is 0.0736 e. The summed E-state index contributed by atoms with van der Waals surface area (Å²) in [5, 5.41) is 3.38. The number of nitrogens with two attached hydrogens (primary N) is 1. The van der Waals surface area contributed by atoms with Gasteiger partial charge < -0.3 is 11.1 Å². The molecule has 0 spiro atoms. The van der Waals surface area contributed by atoms with Crippen LogP contribution in [0, 0.1) is 5.92 Å². The number of hydrogen-bond donors (Lipinski definition) is 2. The number of nitrogen functional groups attached to an aromatic ring is 1. The third-order valence-electron chi connectivity index (χ3n) is 2.08. The van der Waals surface area contributed by atoms with E-state index >= 15 is 0 Å². The quantitative estimate of drug-likeness (QED) is 0.772. The van der Waals surface area contributed by atoms with E-state index in [2.05, 4.69) is 31.1 Å². The molecule has 1 aromatic rings. The Morgan fingerprint density at radius 1 is 1.43 bits per heavy atom. The van der Waals surface area contributed by atoms with E-state index in [1.54, 1.807) is 12.4 Å². The maximum absolute atomic E-state index is 5.77. The molecule has 1 aromatic heterocycles. The Morgan fingerprint density at radius 2 is 2.14 bits per heavy atom. The van der Waals surface area contributed by atoms with E-state index in [-0.39, 0.29) is 0 Å². The van der Waals surface area contributed by atoms with Gasteiger partial charge in [-0.2, -0.15) is 0 Å². The molecule has 0 amide bonds. The average molecular weight is 193 g/mol. The third kappa shape index (κ3) is 3.24. The maximum Gasteiger partial charge on any atom is 0.0736 e. The Balaban J connectivity index is 2.56. The highest BCUT2D eigenvalue weighted by atomic mass is 14.9. The van der Waals surface area contributed by atoms with Crippen molar-refractivity contribution in [2.75, 3.05) is 11.1 Å². The molecule has 0 aliphatic rings. The van der Waals surface area contributed by atoms with Crippen LogP contribution in [0.2, 0.25) is 0 Å². The van der Waals surface area contributed by atoms with Crippen molar-refractivity contribution in [3.05, 3.63) is 18.5 Å². The lowest BCUT2D eigenvalue weighted by atomic mass is 10.1. The summed E-state index contributed by atoms with van der Waals surface area (Å²) in [6.45, 7) is 6.60. The normalized spacial score (nSPS) is 12.9. The van der Waals surface area contributed by atoms with Crippen LogP contribution in [0.1, 0.15) is 27.2 Å². The van der Waals surface area contributed by atoms with Gasteiger partial charge in [-0.25, -0.2) is 0 Å². The van der Waals surface area contributed by atoms with Gasteiger partial charge in [-0.05, 0) is 25.3 Å². The molecule has 1 rings (SSSR count). The van der Waals surface area contributed by atoms with Crippen LogP contribution >= 0.6 is 0 Å². The molecule has 0 saturated heterocycles. The van der Waals surface area contributed by atoms with Gasteiger partial charge in [0, 0.05) is 12.2 Å². The van der Waals surface area contributed by atoms with Crippen LogP contribution in [0.15, 0.2) is 18.5 Å². The first-order chi connectivity index (χ1) is 6.59. The van der Waals surface area contributed by atoms with Gasteiger partial charge in [0.1, 0.15) is 0 Å². The van der Waals surface area contributed by atoms with Gasteiger partial charge in [-0.3, -0.25) is 4.98 Å². The third-order valence-corrected chi connectivity index (χ3v) is 2.08. The van der Waals surface area contributed by atoms with E-state index in [0.717, 1.165) is 12.1 Å². The van der Waals surface area contributed by atoms with Gasteiger partial charge in [0.2, 0.25) is 0 Å². The second-order valence-corrected chi connectivity index (χ2v) is 4.14. The maximum atomic E-state index is 5.77. The second kappa shape index (κ2) is 4.84. The molecule has 0 saturated carbocycles. The lowest BCUT2D eigenvalue weighted by Gasteiger charge is -2.18. The highest BCUT2D eigenvalue weighted by molar-refractivity contribution is 5.64. The van der Waals surface area contributed by atoms with Crippen molar-refractivity contribution in [3.8, 4) is 0 Å². The topological polar surface area (TPSA) is 50.9 Å². The van der Waals surface area contributed by atoms with E-state index in [9.17, 15) is 0 Å². The molecule has 1 heterocycles. The fourth-order valence-corrected chi connectivity index (χ4v) is 1.57. The van der Waals surface area contributed by atoms with E-state index in [1.165, 1.54) is 0 Å². The summed E-state index contributed by atoms with van der Waals surface area (Å²) < 4.78 is 0. The number of pyridine rings is 1. The molecule has 3 heteroatoms. The Bertz CT molecular complexity index is 284. The number of aromatic nitrogens is 1. The molecule has 0 aliphatic carbocycles. The average Bonchev–Trinajstić information content (AvgIpc) is 2.07. The van der Waals surface area contributed by atoms with E-state index in [4.69, 9.17) is 5.73 Å². The van der Waals surface area contributed by atoms with Crippen molar-refractivity contribution in [2.24, 2.45) is 5.92 Å².